The van der Waals surface area contributed by atoms with Gasteiger partial charge in [0, 0.05) is 30.1 Å². The van der Waals surface area contributed by atoms with Gasteiger partial charge in [0.2, 0.25) is 5.96 Å². The SMILES string of the molecule is CC(c1ccccc1F)c1c(F)ccc2c1NC(=NCc1ccc3nccn3c1)NS2. The first-order valence-corrected chi connectivity index (χ1v) is 10.6. The summed E-state index contributed by atoms with van der Waals surface area (Å²) in [6.07, 6.45) is 5.60. The van der Waals surface area contributed by atoms with Gasteiger partial charge in [0.15, 0.2) is 0 Å². The number of anilines is 1. The molecular weight excluding hydrogens is 416 g/mol. The number of rotatable bonds is 4. The summed E-state index contributed by atoms with van der Waals surface area (Å²) in [6, 6.07) is 13.5. The van der Waals surface area contributed by atoms with Crippen molar-refractivity contribution >= 4 is 29.2 Å². The standard InChI is InChI=1S/C23H19F2N5S/c1-14(16-4-2-3-5-17(16)24)21-18(25)7-8-19-22(21)28-23(29-31-19)27-12-15-6-9-20-26-10-11-30(20)13-15/h2-11,13-14H,12H2,1H3,(H2,27,28,29). The third kappa shape index (κ3) is 3.74. The molecule has 0 aliphatic carbocycles. The van der Waals surface area contributed by atoms with Crippen LogP contribution in [-0.2, 0) is 6.54 Å². The van der Waals surface area contributed by atoms with E-state index in [2.05, 4.69) is 20.0 Å². The molecule has 0 bridgehead atoms. The highest BCUT2D eigenvalue weighted by atomic mass is 32.2. The van der Waals surface area contributed by atoms with E-state index in [1.54, 1.807) is 30.5 Å². The number of fused-ring (bicyclic) bond motifs is 2. The summed E-state index contributed by atoms with van der Waals surface area (Å²) in [7, 11) is 0. The van der Waals surface area contributed by atoms with E-state index in [1.807, 2.05) is 35.9 Å². The molecule has 1 aliphatic rings. The highest BCUT2D eigenvalue weighted by Crippen LogP contribution is 2.40. The fraction of sp³-hybridized carbons (Fsp3) is 0.130. The van der Waals surface area contributed by atoms with Gasteiger partial charge in [-0.05, 0) is 47.3 Å². The maximum atomic E-state index is 14.9. The Morgan fingerprint density at radius 2 is 1.97 bits per heavy atom. The number of nitrogens with zero attached hydrogens (tertiary/aromatic N) is 3. The molecule has 8 heteroatoms. The van der Waals surface area contributed by atoms with Crippen LogP contribution in [0.3, 0.4) is 0 Å². The van der Waals surface area contributed by atoms with Crippen molar-refractivity contribution < 1.29 is 8.78 Å². The number of pyridine rings is 1. The summed E-state index contributed by atoms with van der Waals surface area (Å²) >= 11 is 1.36. The van der Waals surface area contributed by atoms with Crippen molar-refractivity contribution in [3.8, 4) is 0 Å². The third-order valence-corrected chi connectivity index (χ3v) is 6.19. The number of aliphatic imine (C=N–C) groups is 1. The zero-order valence-electron chi connectivity index (χ0n) is 16.6. The molecule has 2 N–H and O–H groups in total. The van der Waals surface area contributed by atoms with Crippen molar-refractivity contribution in [3.05, 3.63) is 95.4 Å². The Hall–Kier alpha value is -3.39. The molecule has 4 aromatic rings. The van der Waals surface area contributed by atoms with E-state index in [-0.39, 0.29) is 11.6 Å². The normalized spacial score (nSPS) is 15.4. The molecule has 0 saturated heterocycles. The average Bonchev–Trinajstić information content (AvgIpc) is 3.25. The summed E-state index contributed by atoms with van der Waals surface area (Å²) in [5.74, 6) is -0.671. The summed E-state index contributed by atoms with van der Waals surface area (Å²) in [5.41, 5.74) is 3.37. The molecular formula is C23H19F2N5S. The van der Waals surface area contributed by atoms with Gasteiger partial charge in [-0.2, -0.15) is 0 Å². The minimum atomic E-state index is -0.466. The fourth-order valence-corrected chi connectivity index (χ4v) is 4.46. The van der Waals surface area contributed by atoms with Gasteiger partial charge in [-0.15, -0.1) is 0 Å². The van der Waals surface area contributed by atoms with E-state index < -0.39 is 5.92 Å². The Morgan fingerprint density at radius 1 is 1.10 bits per heavy atom. The lowest BCUT2D eigenvalue weighted by molar-refractivity contribution is 0.581. The Balaban J connectivity index is 1.45. The second kappa shape index (κ2) is 8.03. The predicted molar refractivity (Wildman–Crippen MR) is 119 cm³/mol. The summed E-state index contributed by atoms with van der Waals surface area (Å²) in [6.45, 7) is 2.25. The van der Waals surface area contributed by atoms with Crippen LogP contribution in [0.15, 0.2) is 77.0 Å². The number of guanidine groups is 1. The van der Waals surface area contributed by atoms with Crippen molar-refractivity contribution in [3.63, 3.8) is 0 Å². The average molecular weight is 436 g/mol. The predicted octanol–water partition coefficient (Wildman–Crippen LogP) is 5.34. The van der Waals surface area contributed by atoms with Crippen LogP contribution in [-0.4, -0.2) is 15.3 Å². The van der Waals surface area contributed by atoms with Gasteiger partial charge in [0.25, 0.3) is 0 Å². The molecule has 0 radical (unpaired) electrons. The van der Waals surface area contributed by atoms with Gasteiger partial charge in [-0.1, -0.05) is 31.2 Å². The van der Waals surface area contributed by atoms with Crippen molar-refractivity contribution in [2.75, 3.05) is 5.32 Å². The number of imidazole rings is 1. The minimum absolute atomic E-state index is 0.350. The Bertz CT molecular complexity index is 1300. The summed E-state index contributed by atoms with van der Waals surface area (Å²) in [4.78, 5) is 9.68. The molecule has 5 rings (SSSR count). The molecule has 31 heavy (non-hydrogen) atoms. The van der Waals surface area contributed by atoms with Crippen molar-refractivity contribution in [2.45, 2.75) is 24.3 Å². The molecule has 0 fully saturated rings. The fourth-order valence-electron chi connectivity index (χ4n) is 3.74. The van der Waals surface area contributed by atoms with E-state index in [9.17, 15) is 8.78 Å². The van der Waals surface area contributed by atoms with Crippen molar-refractivity contribution in [1.29, 1.82) is 0 Å². The molecule has 0 amide bonds. The van der Waals surface area contributed by atoms with Crippen LogP contribution >= 0.6 is 11.9 Å². The molecule has 1 unspecified atom stereocenters. The smallest absolute Gasteiger partial charge is 0.206 e. The van der Waals surface area contributed by atoms with Crippen LogP contribution in [0.25, 0.3) is 5.65 Å². The lowest BCUT2D eigenvalue weighted by Gasteiger charge is -2.26. The van der Waals surface area contributed by atoms with Gasteiger partial charge in [0.1, 0.15) is 17.3 Å². The molecule has 2 aromatic carbocycles. The molecule has 0 saturated carbocycles. The lowest BCUT2D eigenvalue weighted by Crippen LogP contribution is -2.30. The number of halogens is 2. The first kappa shape index (κ1) is 19.6. The summed E-state index contributed by atoms with van der Waals surface area (Å²) in [5, 5.41) is 3.22. The Morgan fingerprint density at radius 3 is 2.84 bits per heavy atom. The zero-order valence-corrected chi connectivity index (χ0v) is 17.5. The van der Waals surface area contributed by atoms with Gasteiger partial charge in [-0.3, -0.25) is 4.72 Å². The van der Waals surface area contributed by atoms with Crippen LogP contribution in [0, 0.1) is 11.6 Å². The third-order valence-electron chi connectivity index (χ3n) is 5.33. The zero-order chi connectivity index (χ0) is 21.4. The van der Waals surface area contributed by atoms with E-state index in [0.29, 0.717) is 29.3 Å². The van der Waals surface area contributed by atoms with E-state index in [4.69, 9.17) is 0 Å². The lowest BCUT2D eigenvalue weighted by atomic mass is 9.91. The van der Waals surface area contributed by atoms with Crippen LogP contribution in [0.1, 0.15) is 29.5 Å². The molecule has 3 heterocycles. The first-order chi connectivity index (χ1) is 15.1. The molecule has 2 aromatic heterocycles. The number of hydrogen-bond donors (Lipinski definition) is 2. The summed E-state index contributed by atoms with van der Waals surface area (Å²) < 4.78 is 34.4. The van der Waals surface area contributed by atoms with Gasteiger partial charge in [-0.25, -0.2) is 18.8 Å². The van der Waals surface area contributed by atoms with E-state index >= 15 is 0 Å². The number of hydrogen-bond acceptors (Lipinski definition) is 3. The number of nitrogens with one attached hydrogen (secondary N) is 2. The Labute approximate surface area is 182 Å². The minimum Gasteiger partial charge on any atom is -0.324 e. The largest absolute Gasteiger partial charge is 0.324 e. The molecule has 156 valence electrons. The topological polar surface area (TPSA) is 53.7 Å². The second-order valence-corrected chi connectivity index (χ2v) is 8.15. The van der Waals surface area contributed by atoms with E-state index in [1.165, 1.54) is 24.1 Å². The molecule has 5 nitrogen and oxygen atoms in total. The van der Waals surface area contributed by atoms with Crippen LogP contribution in [0.4, 0.5) is 14.5 Å². The maximum Gasteiger partial charge on any atom is 0.206 e. The number of aromatic nitrogens is 2. The highest BCUT2D eigenvalue weighted by Gasteiger charge is 2.25. The first-order valence-electron chi connectivity index (χ1n) is 9.83. The second-order valence-electron chi connectivity index (χ2n) is 7.30. The maximum absolute atomic E-state index is 14.9. The van der Waals surface area contributed by atoms with Crippen LogP contribution in [0.5, 0.6) is 0 Å². The van der Waals surface area contributed by atoms with Crippen molar-refractivity contribution in [1.82, 2.24) is 14.1 Å². The molecule has 0 spiro atoms. The number of benzene rings is 2. The van der Waals surface area contributed by atoms with Crippen LogP contribution in [0.2, 0.25) is 0 Å². The highest BCUT2D eigenvalue weighted by molar-refractivity contribution is 7.98. The van der Waals surface area contributed by atoms with Gasteiger partial charge in [0.05, 0.1) is 17.1 Å². The van der Waals surface area contributed by atoms with Gasteiger partial charge >= 0.3 is 0 Å². The molecule has 1 atom stereocenters. The van der Waals surface area contributed by atoms with Crippen molar-refractivity contribution in [2.24, 2.45) is 4.99 Å². The Kier molecular flexibility index (Phi) is 5.07. The van der Waals surface area contributed by atoms with E-state index in [0.717, 1.165) is 16.1 Å². The monoisotopic (exact) mass is 435 g/mol. The molecule has 1 aliphatic heterocycles. The van der Waals surface area contributed by atoms with Crippen LogP contribution < -0.4 is 10.0 Å². The van der Waals surface area contributed by atoms with Gasteiger partial charge < -0.3 is 9.72 Å². The quantitative estimate of drug-likeness (QED) is 0.425.